The fourth-order valence-electron chi connectivity index (χ4n) is 2.01. The van der Waals surface area contributed by atoms with Crippen molar-refractivity contribution in [1.82, 2.24) is 13.9 Å². The lowest BCUT2D eigenvalue weighted by Gasteiger charge is -2.26. The van der Waals surface area contributed by atoms with Crippen LogP contribution >= 0.6 is 0 Å². The van der Waals surface area contributed by atoms with E-state index in [9.17, 15) is 8.42 Å². The molecule has 0 aromatic rings. The van der Waals surface area contributed by atoms with Crippen molar-refractivity contribution in [2.75, 3.05) is 39.8 Å². The quantitative estimate of drug-likeness (QED) is 0.753. The Morgan fingerprint density at radius 2 is 2.06 bits per heavy atom. The molecule has 1 heterocycles. The van der Waals surface area contributed by atoms with Gasteiger partial charge in [0.15, 0.2) is 0 Å². The Balaban J connectivity index is 1.97. The SMILES string of the molecule is CN(CC1CC1)S(=O)(=O)N1CCCNCC1. The maximum atomic E-state index is 12.2. The van der Waals surface area contributed by atoms with Gasteiger partial charge in [0.05, 0.1) is 0 Å². The summed E-state index contributed by atoms with van der Waals surface area (Å²) in [4.78, 5) is 0. The summed E-state index contributed by atoms with van der Waals surface area (Å²) in [6, 6.07) is 0. The van der Waals surface area contributed by atoms with Crippen molar-refractivity contribution < 1.29 is 8.42 Å². The lowest BCUT2D eigenvalue weighted by Crippen LogP contribution is -2.44. The van der Waals surface area contributed by atoms with Crippen LogP contribution in [0.15, 0.2) is 0 Å². The van der Waals surface area contributed by atoms with E-state index in [4.69, 9.17) is 0 Å². The largest absolute Gasteiger partial charge is 0.315 e. The zero-order valence-corrected chi connectivity index (χ0v) is 10.7. The van der Waals surface area contributed by atoms with Crippen LogP contribution in [-0.4, -0.2) is 56.8 Å². The Morgan fingerprint density at radius 3 is 2.75 bits per heavy atom. The van der Waals surface area contributed by atoms with E-state index >= 15 is 0 Å². The molecule has 16 heavy (non-hydrogen) atoms. The monoisotopic (exact) mass is 247 g/mol. The summed E-state index contributed by atoms with van der Waals surface area (Å²) >= 11 is 0. The van der Waals surface area contributed by atoms with Crippen molar-refractivity contribution in [3.05, 3.63) is 0 Å². The summed E-state index contributed by atoms with van der Waals surface area (Å²) in [6.07, 6.45) is 3.26. The zero-order valence-electron chi connectivity index (χ0n) is 9.85. The molecule has 0 spiro atoms. The Bertz CT molecular complexity index is 319. The molecule has 0 amide bonds. The van der Waals surface area contributed by atoms with Crippen molar-refractivity contribution in [1.29, 1.82) is 0 Å². The summed E-state index contributed by atoms with van der Waals surface area (Å²) in [5.41, 5.74) is 0. The molecule has 5 nitrogen and oxygen atoms in total. The minimum Gasteiger partial charge on any atom is -0.315 e. The topological polar surface area (TPSA) is 52.7 Å². The summed E-state index contributed by atoms with van der Waals surface area (Å²) in [7, 11) is -1.51. The molecule has 2 fully saturated rings. The summed E-state index contributed by atoms with van der Waals surface area (Å²) < 4.78 is 27.6. The van der Waals surface area contributed by atoms with Crippen LogP contribution in [-0.2, 0) is 10.2 Å². The third kappa shape index (κ3) is 2.94. The van der Waals surface area contributed by atoms with E-state index in [1.807, 2.05) is 0 Å². The van der Waals surface area contributed by atoms with Gasteiger partial charge in [-0.25, -0.2) is 0 Å². The molecule has 0 unspecified atom stereocenters. The van der Waals surface area contributed by atoms with Crippen LogP contribution in [0.25, 0.3) is 0 Å². The molecule has 2 aliphatic rings. The van der Waals surface area contributed by atoms with E-state index in [0.29, 0.717) is 25.6 Å². The number of rotatable bonds is 4. The first-order valence-electron chi connectivity index (χ1n) is 6.03. The molecule has 1 N–H and O–H groups in total. The van der Waals surface area contributed by atoms with Crippen LogP contribution in [0.5, 0.6) is 0 Å². The van der Waals surface area contributed by atoms with Gasteiger partial charge < -0.3 is 5.32 Å². The second-order valence-corrected chi connectivity index (χ2v) is 6.77. The smallest absolute Gasteiger partial charge is 0.281 e. The molecule has 0 bridgehead atoms. The Kier molecular flexibility index (Phi) is 3.84. The van der Waals surface area contributed by atoms with E-state index in [1.165, 1.54) is 17.1 Å². The van der Waals surface area contributed by atoms with Crippen LogP contribution in [0, 0.1) is 5.92 Å². The highest BCUT2D eigenvalue weighted by Crippen LogP contribution is 2.30. The predicted octanol–water partition coefficient (Wildman–Crippen LogP) is -0.132. The average molecular weight is 247 g/mol. The standard InChI is InChI=1S/C10H21N3O2S/c1-12(9-10-3-4-10)16(14,15)13-7-2-5-11-6-8-13/h10-11H,2-9H2,1H3. The molecule has 6 heteroatoms. The van der Waals surface area contributed by atoms with Crippen LogP contribution in [0.3, 0.4) is 0 Å². The van der Waals surface area contributed by atoms with Gasteiger partial charge in [0.1, 0.15) is 0 Å². The second kappa shape index (κ2) is 5.00. The summed E-state index contributed by atoms with van der Waals surface area (Å²) in [5.74, 6) is 0.602. The maximum Gasteiger partial charge on any atom is 0.281 e. The van der Waals surface area contributed by atoms with E-state index in [1.54, 1.807) is 11.4 Å². The first-order chi connectivity index (χ1) is 7.60. The highest BCUT2D eigenvalue weighted by atomic mass is 32.2. The van der Waals surface area contributed by atoms with Crippen molar-refractivity contribution >= 4 is 10.2 Å². The molecule has 2 rings (SSSR count). The normalized spacial score (nSPS) is 24.6. The second-order valence-electron chi connectivity index (χ2n) is 4.73. The average Bonchev–Trinajstić information content (AvgIpc) is 3.02. The van der Waals surface area contributed by atoms with Gasteiger partial charge in [-0.15, -0.1) is 0 Å². The lowest BCUT2D eigenvalue weighted by atomic mass is 10.4. The molecule has 94 valence electrons. The highest BCUT2D eigenvalue weighted by Gasteiger charge is 2.32. The minimum absolute atomic E-state index is 0.595. The minimum atomic E-state index is -3.21. The van der Waals surface area contributed by atoms with Crippen molar-refractivity contribution in [2.45, 2.75) is 19.3 Å². The van der Waals surface area contributed by atoms with Gasteiger partial charge >= 0.3 is 0 Å². The van der Waals surface area contributed by atoms with E-state index < -0.39 is 10.2 Å². The molecule has 0 aromatic carbocycles. The van der Waals surface area contributed by atoms with Gasteiger partial charge in [-0.1, -0.05) is 0 Å². The molecule has 1 aliphatic carbocycles. The molecular formula is C10H21N3O2S. The Morgan fingerprint density at radius 1 is 1.31 bits per heavy atom. The fraction of sp³-hybridized carbons (Fsp3) is 1.00. The molecule has 0 atom stereocenters. The van der Waals surface area contributed by atoms with Gasteiger partial charge in [0.25, 0.3) is 10.2 Å². The lowest BCUT2D eigenvalue weighted by molar-refractivity contribution is 0.364. The van der Waals surface area contributed by atoms with Gasteiger partial charge in [-0.05, 0) is 31.7 Å². The first-order valence-corrected chi connectivity index (χ1v) is 7.42. The molecule has 1 saturated heterocycles. The van der Waals surface area contributed by atoms with Crippen LogP contribution in [0.2, 0.25) is 0 Å². The van der Waals surface area contributed by atoms with Gasteiger partial charge in [0, 0.05) is 33.2 Å². The van der Waals surface area contributed by atoms with Crippen LogP contribution < -0.4 is 5.32 Å². The molecule has 1 aliphatic heterocycles. The highest BCUT2D eigenvalue weighted by molar-refractivity contribution is 7.86. The molecule has 0 aromatic heterocycles. The number of hydrogen-bond acceptors (Lipinski definition) is 3. The van der Waals surface area contributed by atoms with Crippen molar-refractivity contribution in [3.8, 4) is 0 Å². The van der Waals surface area contributed by atoms with Crippen LogP contribution in [0.1, 0.15) is 19.3 Å². The third-order valence-electron chi connectivity index (χ3n) is 3.23. The van der Waals surface area contributed by atoms with Crippen molar-refractivity contribution in [2.24, 2.45) is 5.92 Å². The summed E-state index contributed by atoms with van der Waals surface area (Å²) in [5, 5.41) is 3.22. The van der Waals surface area contributed by atoms with Crippen LogP contribution in [0.4, 0.5) is 0 Å². The first kappa shape index (κ1) is 12.3. The number of nitrogens with zero attached hydrogens (tertiary/aromatic N) is 2. The van der Waals surface area contributed by atoms with Gasteiger partial charge in [0.2, 0.25) is 0 Å². The summed E-state index contributed by atoms with van der Waals surface area (Å²) in [6.45, 7) is 3.60. The molecule has 0 radical (unpaired) electrons. The third-order valence-corrected chi connectivity index (χ3v) is 5.19. The molecular weight excluding hydrogens is 226 g/mol. The maximum absolute atomic E-state index is 12.2. The number of nitrogens with one attached hydrogen (secondary N) is 1. The van der Waals surface area contributed by atoms with E-state index in [-0.39, 0.29) is 0 Å². The van der Waals surface area contributed by atoms with Gasteiger partial charge in [-0.2, -0.15) is 17.0 Å². The zero-order chi connectivity index (χ0) is 11.6. The van der Waals surface area contributed by atoms with Gasteiger partial charge in [-0.3, -0.25) is 0 Å². The Hall–Kier alpha value is -0.170. The Labute approximate surface area is 98.0 Å². The predicted molar refractivity (Wildman–Crippen MR) is 63.3 cm³/mol. The van der Waals surface area contributed by atoms with Crippen molar-refractivity contribution in [3.63, 3.8) is 0 Å². The molecule has 1 saturated carbocycles. The van der Waals surface area contributed by atoms with E-state index in [2.05, 4.69) is 5.32 Å². The fourth-order valence-corrected chi connectivity index (χ4v) is 3.48. The van der Waals surface area contributed by atoms with E-state index in [0.717, 1.165) is 19.5 Å². The number of hydrogen-bond donors (Lipinski definition) is 1.